The molecule has 4 nitrogen and oxygen atoms in total. The van der Waals surface area contributed by atoms with Gasteiger partial charge >= 0.3 is 0 Å². The summed E-state index contributed by atoms with van der Waals surface area (Å²) in [6.45, 7) is 4.48. The van der Waals surface area contributed by atoms with Crippen molar-refractivity contribution in [3.8, 4) is 0 Å². The fourth-order valence-corrected chi connectivity index (χ4v) is 3.19. The van der Waals surface area contributed by atoms with Gasteiger partial charge in [-0.2, -0.15) is 0 Å². The first-order chi connectivity index (χ1) is 10.9. The average Bonchev–Trinajstić information content (AvgIpc) is 3.20. The van der Waals surface area contributed by atoms with Gasteiger partial charge in [-0.1, -0.05) is 12.6 Å². The van der Waals surface area contributed by atoms with Crippen molar-refractivity contribution in [2.75, 3.05) is 13.1 Å². The van der Waals surface area contributed by atoms with E-state index in [0.717, 1.165) is 25.0 Å². The van der Waals surface area contributed by atoms with Crippen molar-refractivity contribution >= 4 is 11.8 Å². The molecule has 2 fully saturated rings. The number of benzene rings is 1. The number of nitrogens with one attached hydrogen (secondary N) is 1. The van der Waals surface area contributed by atoms with Gasteiger partial charge in [0, 0.05) is 18.5 Å². The zero-order valence-corrected chi connectivity index (χ0v) is 12.6. The molecule has 1 unspecified atom stereocenters. The quantitative estimate of drug-likeness (QED) is 0.860. The summed E-state index contributed by atoms with van der Waals surface area (Å²) in [7, 11) is 0. The van der Waals surface area contributed by atoms with Crippen LogP contribution in [0.4, 0.5) is 8.78 Å². The molecular formula is C17H18F2N2O2. The lowest BCUT2D eigenvalue weighted by Crippen LogP contribution is -2.41. The third kappa shape index (κ3) is 3.11. The van der Waals surface area contributed by atoms with Gasteiger partial charge in [0.05, 0.1) is 12.5 Å². The number of nitrogens with zero attached hydrogens (tertiary/aromatic N) is 1. The molecule has 1 N–H and O–H groups in total. The van der Waals surface area contributed by atoms with E-state index in [4.69, 9.17) is 0 Å². The minimum Gasteiger partial charge on any atom is -0.347 e. The Morgan fingerprint density at radius 3 is 2.70 bits per heavy atom. The fraction of sp³-hybridized carbons (Fsp3) is 0.412. The Labute approximate surface area is 133 Å². The van der Waals surface area contributed by atoms with E-state index >= 15 is 0 Å². The van der Waals surface area contributed by atoms with Gasteiger partial charge < -0.3 is 10.2 Å². The largest absolute Gasteiger partial charge is 0.347 e. The van der Waals surface area contributed by atoms with E-state index in [9.17, 15) is 18.4 Å². The number of halogens is 2. The lowest BCUT2D eigenvalue weighted by Gasteiger charge is -2.17. The standard InChI is InChI=1S/C17H18F2N2O2/c1-2-15(22)20-14-9-21(10-17(14)5-6-17)16(23)8-11-3-4-12(18)13(19)7-11/h2-4,7,14H,1,5-6,8-10H2,(H,20,22). The van der Waals surface area contributed by atoms with Crippen LogP contribution in [0.2, 0.25) is 0 Å². The molecule has 2 amide bonds. The van der Waals surface area contributed by atoms with Crippen molar-refractivity contribution in [3.63, 3.8) is 0 Å². The molecule has 3 rings (SSSR count). The van der Waals surface area contributed by atoms with Crippen molar-refractivity contribution in [1.29, 1.82) is 0 Å². The predicted molar refractivity (Wildman–Crippen MR) is 80.4 cm³/mol. The minimum atomic E-state index is -0.952. The van der Waals surface area contributed by atoms with Gasteiger partial charge in [-0.15, -0.1) is 0 Å². The molecule has 0 bridgehead atoms. The lowest BCUT2D eigenvalue weighted by molar-refractivity contribution is -0.129. The molecule has 0 aromatic heterocycles. The Kier molecular flexibility index (Phi) is 3.92. The van der Waals surface area contributed by atoms with E-state index in [-0.39, 0.29) is 29.7 Å². The maximum atomic E-state index is 13.2. The van der Waals surface area contributed by atoms with Crippen LogP contribution in [-0.4, -0.2) is 35.8 Å². The molecule has 1 atom stereocenters. The molecule has 122 valence electrons. The van der Waals surface area contributed by atoms with Crippen LogP contribution in [0.5, 0.6) is 0 Å². The molecule has 1 aromatic rings. The molecule has 1 saturated heterocycles. The van der Waals surface area contributed by atoms with E-state index < -0.39 is 11.6 Å². The van der Waals surface area contributed by atoms with Crippen LogP contribution in [0.25, 0.3) is 0 Å². The van der Waals surface area contributed by atoms with Crippen molar-refractivity contribution in [1.82, 2.24) is 10.2 Å². The highest BCUT2D eigenvalue weighted by Crippen LogP contribution is 2.52. The highest BCUT2D eigenvalue weighted by molar-refractivity contribution is 5.87. The number of carbonyl (C=O) groups is 2. The lowest BCUT2D eigenvalue weighted by atomic mass is 10.0. The third-order valence-corrected chi connectivity index (χ3v) is 4.73. The summed E-state index contributed by atoms with van der Waals surface area (Å²) in [5.74, 6) is -2.26. The fourth-order valence-electron chi connectivity index (χ4n) is 3.19. The first kappa shape index (κ1) is 15.6. The van der Waals surface area contributed by atoms with Gasteiger partial charge in [0.2, 0.25) is 11.8 Å². The zero-order chi connectivity index (χ0) is 16.6. The van der Waals surface area contributed by atoms with Crippen molar-refractivity contribution in [2.45, 2.75) is 25.3 Å². The van der Waals surface area contributed by atoms with Crippen LogP contribution in [-0.2, 0) is 16.0 Å². The smallest absolute Gasteiger partial charge is 0.243 e. The highest BCUT2D eigenvalue weighted by atomic mass is 19.2. The molecule has 1 spiro atoms. The molecule has 0 radical (unpaired) electrons. The van der Waals surface area contributed by atoms with Crippen molar-refractivity contribution < 1.29 is 18.4 Å². The maximum Gasteiger partial charge on any atom is 0.243 e. The summed E-state index contributed by atoms with van der Waals surface area (Å²) in [5, 5.41) is 2.89. The number of carbonyl (C=O) groups excluding carboxylic acids is 2. The Balaban J connectivity index is 1.65. The second-order valence-electron chi connectivity index (χ2n) is 6.33. The van der Waals surface area contributed by atoms with E-state index in [2.05, 4.69) is 11.9 Å². The molecule has 6 heteroatoms. The normalized spacial score (nSPS) is 21.3. The first-order valence-electron chi connectivity index (χ1n) is 7.58. The summed E-state index contributed by atoms with van der Waals surface area (Å²) < 4.78 is 26.2. The van der Waals surface area contributed by atoms with Crippen LogP contribution < -0.4 is 5.32 Å². The van der Waals surface area contributed by atoms with Crippen LogP contribution in [0.3, 0.4) is 0 Å². The number of likely N-dealkylation sites (tertiary alicyclic amines) is 1. The summed E-state index contributed by atoms with van der Waals surface area (Å²) in [5.41, 5.74) is 0.417. The van der Waals surface area contributed by atoms with Crippen molar-refractivity contribution in [2.24, 2.45) is 5.41 Å². The topological polar surface area (TPSA) is 49.4 Å². The summed E-state index contributed by atoms with van der Waals surface area (Å²) in [6, 6.07) is 3.42. The number of rotatable bonds is 4. The van der Waals surface area contributed by atoms with Crippen molar-refractivity contribution in [3.05, 3.63) is 48.1 Å². The van der Waals surface area contributed by atoms with Crippen LogP contribution in [0.15, 0.2) is 30.9 Å². The maximum absolute atomic E-state index is 13.2. The second kappa shape index (κ2) is 5.76. The molecule has 1 aromatic carbocycles. The van der Waals surface area contributed by atoms with Gasteiger partial charge in [-0.05, 0) is 36.6 Å². The SMILES string of the molecule is C=CC(=O)NC1CN(C(=O)Cc2ccc(F)c(F)c2)CC12CC2. The molecule has 1 aliphatic carbocycles. The zero-order valence-electron chi connectivity index (χ0n) is 12.6. The Morgan fingerprint density at radius 1 is 1.35 bits per heavy atom. The predicted octanol–water partition coefficient (Wildman–Crippen LogP) is 1.80. The monoisotopic (exact) mass is 320 g/mol. The minimum absolute atomic E-state index is 0.0232. The number of amides is 2. The first-order valence-corrected chi connectivity index (χ1v) is 7.58. The van der Waals surface area contributed by atoms with Gasteiger partial charge in [0.25, 0.3) is 0 Å². The Hall–Kier alpha value is -2.24. The second-order valence-corrected chi connectivity index (χ2v) is 6.33. The van der Waals surface area contributed by atoms with Gasteiger partial charge in [0.1, 0.15) is 0 Å². The molecule has 2 aliphatic rings. The third-order valence-electron chi connectivity index (χ3n) is 4.73. The van der Waals surface area contributed by atoms with E-state index in [0.29, 0.717) is 18.7 Å². The van der Waals surface area contributed by atoms with Crippen LogP contribution >= 0.6 is 0 Å². The van der Waals surface area contributed by atoms with Crippen LogP contribution in [0, 0.1) is 17.0 Å². The van der Waals surface area contributed by atoms with Gasteiger partial charge in [0.15, 0.2) is 11.6 Å². The molecule has 1 saturated carbocycles. The molecule has 1 aliphatic heterocycles. The molecular weight excluding hydrogens is 302 g/mol. The van der Waals surface area contributed by atoms with Gasteiger partial charge in [-0.3, -0.25) is 9.59 Å². The van der Waals surface area contributed by atoms with E-state index in [1.807, 2.05) is 0 Å². The summed E-state index contributed by atoms with van der Waals surface area (Å²) >= 11 is 0. The van der Waals surface area contributed by atoms with Gasteiger partial charge in [-0.25, -0.2) is 8.78 Å². The Morgan fingerprint density at radius 2 is 2.09 bits per heavy atom. The molecule has 1 heterocycles. The summed E-state index contributed by atoms with van der Waals surface area (Å²) in [4.78, 5) is 25.6. The average molecular weight is 320 g/mol. The number of hydrogen-bond acceptors (Lipinski definition) is 2. The van der Waals surface area contributed by atoms with E-state index in [1.54, 1.807) is 4.90 Å². The summed E-state index contributed by atoms with van der Waals surface area (Å²) in [6.07, 6.45) is 3.20. The van der Waals surface area contributed by atoms with E-state index in [1.165, 1.54) is 12.1 Å². The molecule has 23 heavy (non-hydrogen) atoms. The van der Waals surface area contributed by atoms with Crippen LogP contribution in [0.1, 0.15) is 18.4 Å². The Bertz CT molecular complexity index is 671. The number of hydrogen-bond donors (Lipinski definition) is 1. The highest BCUT2D eigenvalue weighted by Gasteiger charge is 2.56.